The zero-order valence-electron chi connectivity index (χ0n) is 18.5. The molecule has 0 radical (unpaired) electrons. The molecule has 0 aliphatic carbocycles. The van der Waals surface area contributed by atoms with Gasteiger partial charge in [-0.2, -0.15) is 0 Å². The van der Waals surface area contributed by atoms with Crippen LogP contribution in [0, 0.1) is 6.92 Å². The van der Waals surface area contributed by atoms with Gasteiger partial charge in [-0.25, -0.2) is 5.48 Å². The smallest absolute Gasteiger partial charge is 0.0675 e. The predicted molar refractivity (Wildman–Crippen MR) is 129 cm³/mol. The Morgan fingerprint density at radius 1 is 0.839 bits per heavy atom. The van der Waals surface area contributed by atoms with Gasteiger partial charge in [0, 0.05) is 13.1 Å². The van der Waals surface area contributed by atoms with Gasteiger partial charge in [0.25, 0.3) is 0 Å². The SMILES string of the molecule is CON1CCc2cc3ccccc3cc21.CONCCc1cc2ccccc2cc1C. The molecule has 0 unspecified atom stereocenters. The molecule has 4 aromatic rings. The summed E-state index contributed by atoms with van der Waals surface area (Å²) in [7, 11) is 3.37. The first-order valence-electron chi connectivity index (χ1n) is 10.8. The highest BCUT2D eigenvalue weighted by Gasteiger charge is 2.19. The van der Waals surface area contributed by atoms with Crippen LogP contribution in [-0.2, 0) is 22.5 Å². The average Bonchev–Trinajstić information content (AvgIpc) is 3.20. The lowest BCUT2D eigenvalue weighted by atomic mass is 10.00. The van der Waals surface area contributed by atoms with E-state index >= 15 is 0 Å². The zero-order valence-corrected chi connectivity index (χ0v) is 18.5. The number of hydroxylamine groups is 2. The molecule has 1 N–H and O–H groups in total. The van der Waals surface area contributed by atoms with Gasteiger partial charge in [-0.1, -0.05) is 60.7 Å². The molecule has 4 nitrogen and oxygen atoms in total. The van der Waals surface area contributed by atoms with E-state index < -0.39 is 0 Å². The van der Waals surface area contributed by atoms with Gasteiger partial charge < -0.3 is 4.84 Å². The van der Waals surface area contributed by atoms with Gasteiger partial charge in [-0.05, 0) is 70.1 Å². The maximum absolute atomic E-state index is 5.32. The number of benzene rings is 4. The van der Waals surface area contributed by atoms with Crippen LogP contribution >= 0.6 is 0 Å². The third-order valence-corrected chi connectivity index (χ3v) is 5.87. The molecule has 0 bridgehead atoms. The van der Waals surface area contributed by atoms with Crippen LogP contribution in [0.4, 0.5) is 5.69 Å². The fourth-order valence-corrected chi connectivity index (χ4v) is 4.20. The van der Waals surface area contributed by atoms with Gasteiger partial charge in [-0.15, -0.1) is 0 Å². The summed E-state index contributed by atoms with van der Waals surface area (Å²) in [6.45, 7) is 3.96. The van der Waals surface area contributed by atoms with E-state index in [1.807, 2.05) is 5.06 Å². The van der Waals surface area contributed by atoms with E-state index in [0.29, 0.717) is 0 Å². The maximum Gasteiger partial charge on any atom is 0.0675 e. The summed E-state index contributed by atoms with van der Waals surface area (Å²) in [6.07, 6.45) is 2.07. The Morgan fingerprint density at radius 3 is 2.10 bits per heavy atom. The van der Waals surface area contributed by atoms with Crippen LogP contribution < -0.4 is 10.5 Å². The minimum absolute atomic E-state index is 0.843. The second-order valence-corrected chi connectivity index (χ2v) is 7.84. The minimum atomic E-state index is 0.843. The van der Waals surface area contributed by atoms with Gasteiger partial charge in [0.05, 0.1) is 19.9 Å². The van der Waals surface area contributed by atoms with Crippen molar-refractivity contribution in [3.8, 4) is 0 Å². The lowest BCUT2D eigenvalue weighted by Gasteiger charge is -2.15. The monoisotopic (exact) mass is 414 g/mol. The highest BCUT2D eigenvalue weighted by molar-refractivity contribution is 5.88. The van der Waals surface area contributed by atoms with Crippen LogP contribution in [0.5, 0.6) is 0 Å². The summed E-state index contributed by atoms with van der Waals surface area (Å²) in [4.78, 5) is 10.2. The third kappa shape index (κ3) is 4.88. The molecule has 0 saturated carbocycles. The minimum Gasteiger partial charge on any atom is -0.305 e. The van der Waals surface area contributed by atoms with Gasteiger partial charge in [0.15, 0.2) is 0 Å². The Balaban J connectivity index is 0.000000149. The van der Waals surface area contributed by atoms with Crippen molar-refractivity contribution in [3.05, 3.63) is 89.5 Å². The van der Waals surface area contributed by atoms with Crippen LogP contribution in [0.15, 0.2) is 72.8 Å². The molecule has 0 aromatic heterocycles. The first-order chi connectivity index (χ1) is 15.2. The van der Waals surface area contributed by atoms with Gasteiger partial charge in [-0.3, -0.25) is 9.90 Å². The lowest BCUT2D eigenvalue weighted by molar-refractivity contribution is 0.0928. The molecule has 1 aliphatic heterocycles. The molecule has 4 heteroatoms. The van der Waals surface area contributed by atoms with Gasteiger partial charge in [0.2, 0.25) is 0 Å². The fourth-order valence-electron chi connectivity index (χ4n) is 4.20. The van der Waals surface area contributed by atoms with E-state index in [1.54, 1.807) is 14.2 Å². The standard InChI is InChI=1S/C14H17NO.C13H13NO/c1-11-9-13-5-3-4-6-14(13)10-12(11)7-8-15-16-2;1-15-14-7-6-12-8-10-4-2-3-5-11(10)9-13(12)14/h3-6,9-10,15H,7-8H2,1-2H3;2-5,8-9H,6-7H2,1H3. The summed E-state index contributed by atoms with van der Waals surface area (Å²) in [6, 6.07) is 25.9. The summed E-state index contributed by atoms with van der Waals surface area (Å²) >= 11 is 0. The molecule has 5 rings (SSSR count). The number of nitrogens with one attached hydrogen (secondary N) is 1. The molecule has 0 saturated heterocycles. The largest absolute Gasteiger partial charge is 0.305 e. The molecule has 31 heavy (non-hydrogen) atoms. The van der Waals surface area contributed by atoms with E-state index in [9.17, 15) is 0 Å². The maximum atomic E-state index is 5.32. The second-order valence-electron chi connectivity index (χ2n) is 7.84. The quantitative estimate of drug-likeness (QED) is 0.340. The van der Waals surface area contributed by atoms with Crippen LogP contribution in [0.1, 0.15) is 16.7 Å². The Hall–Kier alpha value is -2.92. The molecule has 0 spiro atoms. The van der Waals surface area contributed by atoms with Crippen molar-refractivity contribution >= 4 is 27.2 Å². The molecule has 0 amide bonds. The van der Waals surface area contributed by atoms with Crippen LogP contribution in [0.25, 0.3) is 21.5 Å². The highest BCUT2D eigenvalue weighted by Crippen LogP contribution is 2.32. The second kappa shape index (κ2) is 9.92. The fraction of sp³-hybridized carbons (Fsp3) is 0.259. The van der Waals surface area contributed by atoms with Crippen molar-refractivity contribution < 1.29 is 9.68 Å². The normalized spacial score (nSPS) is 12.7. The van der Waals surface area contributed by atoms with Crippen LogP contribution in [-0.4, -0.2) is 27.3 Å². The first-order valence-corrected chi connectivity index (χ1v) is 10.8. The van der Waals surface area contributed by atoms with Crippen LogP contribution in [0.3, 0.4) is 0 Å². The molecular weight excluding hydrogens is 384 g/mol. The van der Waals surface area contributed by atoms with Crippen molar-refractivity contribution in [1.82, 2.24) is 5.48 Å². The van der Waals surface area contributed by atoms with Crippen LogP contribution in [0.2, 0.25) is 0 Å². The number of fused-ring (bicyclic) bond motifs is 3. The van der Waals surface area contributed by atoms with Crippen molar-refractivity contribution in [1.29, 1.82) is 0 Å². The van der Waals surface area contributed by atoms with Crippen molar-refractivity contribution in [2.75, 3.05) is 32.4 Å². The van der Waals surface area contributed by atoms with E-state index in [-0.39, 0.29) is 0 Å². The van der Waals surface area contributed by atoms with Crippen molar-refractivity contribution in [2.24, 2.45) is 0 Å². The summed E-state index contributed by atoms with van der Waals surface area (Å²) in [5.74, 6) is 0. The topological polar surface area (TPSA) is 33.7 Å². The number of nitrogens with zero attached hydrogens (tertiary/aromatic N) is 1. The molecule has 160 valence electrons. The molecule has 0 atom stereocenters. The molecule has 0 fully saturated rings. The van der Waals surface area contributed by atoms with E-state index in [1.165, 1.54) is 43.9 Å². The summed E-state index contributed by atoms with van der Waals surface area (Å²) in [5.41, 5.74) is 8.20. The highest BCUT2D eigenvalue weighted by atomic mass is 16.7. The molecule has 1 heterocycles. The van der Waals surface area contributed by atoms with Gasteiger partial charge in [0.1, 0.15) is 0 Å². The summed E-state index contributed by atoms with van der Waals surface area (Å²) in [5, 5.41) is 7.17. The Labute approximate surface area is 184 Å². The van der Waals surface area contributed by atoms with Crippen molar-refractivity contribution in [3.63, 3.8) is 0 Å². The predicted octanol–water partition coefficient (Wildman–Crippen LogP) is 5.61. The number of hydrogen-bond acceptors (Lipinski definition) is 4. The number of anilines is 1. The van der Waals surface area contributed by atoms with Gasteiger partial charge >= 0.3 is 0 Å². The first kappa shape index (κ1) is 21.3. The Bertz CT molecular complexity index is 1170. The van der Waals surface area contributed by atoms with Crippen molar-refractivity contribution in [2.45, 2.75) is 19.8 Å². The lowest BCUT2D eigenvalue weighted by Crippen LogP contribution is -2.17. The Kier molecular flexibility index (Phi) is 6.82. The number of rotatable bonds is 5. The summed E-state index contributed by atoms with van der Waals surface area (Å²) < 4.78 is 0. The molecule has 4 aromatic carbocycles. The van der Waals surface area contributed by atoms with E-state index in [4.69, 9.17) is 9.68 Å². The molecule has 1 aliphatic rings. The Morgan fingerprint density at radius 2 is 1.45 bits per heavy atom. The zero-order chi connectivity index (χ0) is 21.6. The van der Waals surface area contributed by atoms with E-state index in [0.717, 1.165) is 25.9 Å². The average molecular weight is 415 g/mol. The molecular formula is C27H30N2O2. The third-order valence-electron chi connectivity index (χ3n) is 5.87. The number of hydrogen-bond donors (Lipinski definition) is 1. The number of aryl methyl sites for hydroxylation is 1. The van der Waals surface area contributed by atoms with E-state index in [2.05, 4.69) is 85.2 Å².